The van der Waals surface area contributed by atoms with Gasteiger partial charge >= 0.3 is 0 Å². The Morgan fingerprint density at radius 3 is 2.86 bits per heavy atom. The number of hydrogen-bond donors (Lipinski definition) is 1. The van der Waals surface area contributed by atoms with Gasteiger partial charge in [0.05, 0.1) is 13.6 Å². The average molecular weight is 213 g/mol. The molecule has 1 unspecified atom stereocenters. The van der Waals surface area contributed by atoms with Crippen LogP contribution < -0.4 is 5.32 Å². The molecule has 1 saturated heterocycles. The number of thioether (sulfide) groups is 1. The van der Waals surface area contributed by atoms with E-state index in [1.54, 1.807) is 7.05 Å². The lowest BCUT2D eigenvalue weighted by Crippen LogP contribution is -2.54. The van der Waals surface area contributed by atoms with Crippen molar-refractivity contribution in [1.29, 1.82) is 0 Å². The first-order valence-corrected chi connectivity index (χ1v) is 5.67. The largest absolute Gasteiger partial charge is 0.305 e. The fourth-order valence-electron chi connectivity index (χ4n) is 1.41. The van der Waals surface area contributed by atoms with E-state index in [0.29, 0.717) is 17.3 Å². The van der Waals surface area contributed by atoms with Crippen LogP contribution in [0.4, 0.5) is 0 Å². The summed E-state index contributed by atoms with van der Waals surface area (Å²) in [6.07, 6.45) is 0. The molecule has 6 heteroatoms. The Balaban J connectivity index is 1.83. The predicted octanol–water partition coefficient (Wildman–Crippen LogP) is 0.194. The van der Waals surface area contributed by atoms with Gasteiger partial charge in [0.2, 0.25) is 0 Å². The first-order chi connectivity index (χ1) is 6.58. The summed E-state index contributed by atoms with van der Waals surface area (Å²) in [6.45, 7) is 5.22. The van der Waals surface area contributed by atoms with Gasteiger partial charge in [-0.3, -0.25) is 0 Å². The number of aromatic nitrogens is 4. The minimum atomic E-state index is 0.349. The first-order valence-electron chi connectivity index (χ1n) is 4.68. The lowest BCUT2D eigenvalue weighted by atomic mass is 10.0. The topological polar surface area (TPSA) is 55.6 Å². The number of nitrogens with zero attached hydrogens (tertiary/aromatic N) is 4. The molecular weight excluding hydrogens is 198 g/mol. The van der Waals surface area contributed by atoms with E-state index in [2.05, 4.69) is 34.6 Å². The second-order valence-electron chi connectivity index (χ2n) is 4.04. The van der Waals surface area contributed by atoms with Crippen molar-refractivity contribution >= 4 is 11.8 Å². The summed E-state index contributed by atoms with van der Waals surface area (Å²) in [5.74, 6) is 1.94. The van der Waals surface area contributed by atoms with E-state index in [1.165, 1.54) is 10.5 Å². The number of aryl methyl sites for hydroxylation is 1. The van der Waals surface area contributed by atoms with Crippen molar-refractivity contribution in [3.05, 3.63) is 5.82 Å². The zero-order chi connectivity index (χ0) is 10.2. The van der Waals surface area contributed by atoms with Gasteiger partial charge < -0.3 is 5.32 Å². The van der Waals surface area contributed by atoms with E-state index in [9.17, 15) is 0 Å². The molecule has 1 fully saturated rings. The maximum absolute atomic E-state index is 4.11. The highest BCUT2D eigenvalue weighted by atomic mass is 32.2. The third kappa shape index (κ3) is 1.90. The van der Waals surface area contributed by atoms with Gasteiger partial charge in [0.1, 0.15) is 0 Å². The van der Waals surface area contributed by atoms with Crippen LogP contribution >= 0.6 is 11.8 Å². The molecule has 1 aromatic heterocycles. The summed E-state index contributed by atoms with van der Waals surface area (Å²) in [5, 5.41) is 15.3. The average Bonchev–Trinajstić information content (AvgIpc) is 2.50. The van der Waals surface area contributed by atoms with Gasteiger partial charge in [0.15, 0.2) is 5.82 Å². The highest BCUT2D eigenvalue weighted by Gasteiger charge is 2.38. The lowest BCUT2D eigenvalue weighted by molar-refractivity contribution is 0.430. The number of rotatable bonds is 3. The molecule has 0 amide bonds. The standard InChI is InChI=1S/C8H15N5S/c1-8(2)6(5-14-8)9-4-7-10-12-13(3)11-7/h6,9H,4-5H2,1-3H3. The van der Waals surface area contributed by atoms with Crippen molar-refractivity contribution < 1.29 is 0 Å². The summed E-state index contributed by atoms with van der Waals surface area (Å²) in [6, 6.07) is 0.566. The molecule has 2 rings (SSSR count). The molecule has 1 aliphatic heterocycles. The molecule has 1 N–H and O–H groups in total. The van der Waals surface area contributed by atoms with Crippen LogP contribution in [0, 0.1) is 0 Å². The predicted molar refractivity (Wildman–Crippen MR) is 56.0 cm³/mol. The van der Waals surface area contributed by atoms with E-state index in [-0.39, 0.29) is 0 Å². The van der Waals surface area contributed by atoms with Gasteiger partial charge in [-0.15, -0.1) is 10.2 Å². The van der Waals surface area contributed by atoms with Crippen molar-refractivity contribution in [3.63, 3.8) is 0 Å². The quantitative estimate of drug-likeness (QED) is 0.777. The Morgan fingerprint density at radius 2 is 2.43 bits per heavy atom. The van der Waals surface area contributed by atoms with E-state index in [1.807, 2.05) is 11.8 Å². The minimum absolute atomic E-state index is 0.349. The number of tetrazole rings is 1. The van der Waals surface area contributed by atoms with Crippen LogP contribution in [0.3, 0.4) is 0 Å². The second-order valence-corrected chi connectivity index (χ2v) is 5.72. The summed E-state index contributed by atoms with van der Waals surface area (Å²) < 4.78 is 0.349. The maximum atomic E-state index is 4.11. The highest BCUT2D eigenvalue weighted by Crippen LogP contribution is 2.39. The van der Waals surface area contributed by atoms with Crippen molar-refractivity contribution in [2.75, 3.05) is 5.75 Å². The zero-order valence-electron chi connectivity index (χ0n) is 8.69. The van der Waals surface area contributed by atoms with Crippen LogP contribution in [-0.4, -0.2) is 36.7 Å². The summed E-state index contributed by atoms with van der Waals surface area (Å²) in [7, 11) is 1.78. The molecule has 1 atom stereocenters. The van der Waals surface area contributed by atoms with E-state index in [0.717, 1.165) is 5.82 Å². The molecule has 5 nitrogen and oxygen atoms in total. The SMILES string of the molecule is Cn1nnc(CNC2CSC2(C)C)n1. The molecular formula is C8H15N5S. The summed E-state index contributed by atoms with van der Waals surface area (Å²) >= 11 is 1.99. The Bertz CT molecular complexity index is 321. The summed E-state index contributed by atoms with van der Waals surface area (Å²) in [4.78, 5) is 1.48. The van der Waals surface area contributed by atoms with Crippen LogP contribution in [-0.2, 0) is 13.6 Å². The van der Waals surface area contributed by atoms with Crippen LogP contribution in [0.5, 0.6) is 0 Å². The van der Waals surface area contributed by atoms with E-state index in [4.69, 9.17) is 0 Å². The molecule has 0 aromatic carbocycles. The number of hydrogen-bond acceptors (Lipinski definition) is 5. The van der Waals surface area contributed by atoms with Gasteiger partial charge in [-0.1, -0.05) is 0 Å². The van der Waals surface area contributed by atoms with E-state index < -0.39 is 0 Å². The fraction of sp³-hybridized carbons (Fsp3) is 0.875. The Kier molecular flexibility index (Phi) is 2.48. The summed E-state index contributed by atoms with van der Waals surface area (Å²) in [5.41, 5.74) is 0. The monoisotopic (exact) mass is 213 g/mol. The Hall–Kier alpha value is -0.620. The molecule has 78 valence electrons. The van der Waals surface area contributed by atoms with Gasteiger partial charge in [-0.2, -0.15) is 16.6 Å². The molecule has 0 saturated carbocycles. The molecule has 0 aliphatic carbocycles. The normalized spacial score (nSPS) is 24.6. The Morgan fingerprint density at radius 1 is 1.64 bits per heavy atom. The van der Waals surface area contributed by atoms with Crippen LogP contribution in [0.15, 0.2) is 0 Å². The van der Waals surface area contributed by atoms with Crippen LogP contribution in [0.2, 0.25) is 0 Å². The maximum Gasteiger partial charge on any atom is 0.188 e. The van der Waals surface area contributed by atoms with Crippen LogP contribution in [0.1, 0.15) is 19.7 Å². The fourth-order valence-corrected chi connectivity index (χ4v) is 2.61. The van der Waals surface area contributed by atoms with Gasteiger partial charge in [0.25, 0.3) is 0 Å². The van der Waals surface area contributed by atoms with Crippen LogP contribution in [0.25, 0.3) is 0 Å². The van der Waals surface area contributed by atoms with Gasteiger partial charge in [0, 0.05) is 16.5 Å². The smallest absolute Gasteiger partial charge is 0.188 e. The van der Waals surface area contributed by atoms with Crippen molar-refractivity contribution in [2.24, 2.45) is 7.05 Å². The first kappa shape index (κ1) is 9.92. The number of nitrogens with one attached hydrogen (secondary N) is 1. The second kappa shape index (κ2) is 3.51. The highest BCUT2D eigenvalue weighted by molar-refractivity contribution is 8.02. The van der Waals surface area contributed by atoms with E-state index >= 15 is 0 Å². The molecule has 0 spiro atoms. The van der Waals surface area contributed by atoms with Crippen molar-refractivity contribution in [2.45, 2.75) is 31.2 Å². The van der Waals surface area contributed by atoms with Crippen molar-refractivity contribution in [3.8, 4) is 0 Å². The molecule has 1 aliphatic rings. The molecule has 0 bridgehead atoms. The van der Waals surface area contributed by atoms with Gasteiger partial charge in [-0.25, -0.2) is 0 Å². The van der Waals surface area contributed by atoms with Crippen molar-refractivity contribution in [1.82, 2.24) is 25.5 Å². The third-order valence-electron chi connectivity index (χ3n) is 2.52. The molecule has 14 heavy (non-hydrogen) atoms. The minimum Gasteiger partial charge on any atom is -0.305 e. The lowest BCUT2D eigenvalue weighted by Gasteiger charge is -2.44. The molecule has 1 aromatic rings. The Labute approximate surface area is 87.6 Å². The third-order valence-corrected chi connectivity index (χ3v) is 4.05. The van der Waals surface area contributed by atoms with Gasteiger partial charge in [-0.05, 0) is 19.1 Å². The zero-order valence-corrected chi connectivity index (χ0v) is 9.51. The molecule has 0 radical (unpaired) electrons. The molecule has 2 heterocycles.